The third-order valence-electron chi connectivity index (χ3n) is 5.97. The highest BCUT2D eigenvalue weighted by Gasteiger charge is 2.41. The van der Waals surface area contributed by atoms with E-state index in [1.807, 2.05) is 13.0 Å². The van der Waals surface area contributed by atoms with Gasteiger partial charge < -0.3 is 15.2 Å². The smallest absolute Gasteiger partial charge is 0.229 e. The number of anilines is 1. The zero-order valence-corrected chi connectivity index (χ0v) is 15.8. The molecule has 2 aromatic heterocycles. The van der Waals surface area contributed by atoms with Crippen LogP contribution in [0.2, 0.25) is 0 Å². The summed E-state index contributed by atoms with van der Waals surface area (Å²) in [7, 11) is 2.16. The summed E-state index contributed by atoms with van der Waals surface area (Å²) < 4.78 is 4.25. The molecular weight excluding hydrogens is 344 g/mol. The second-order valence-corrected chi connectivity index (χ2v) is 8.46. The van der Waals surface area contributed by atoms with Crippen LogP contribution < -0.4 is 5.32 Å². The Kier molecular flexibility index (Phi) is 3.65. The Hall–Kier alpha value is -2.18. The van der Waals surface area contributed by atoms with Gasteiger partial charge in [0.05, 0.1) is 11.6 Å². The zero-order valence-electron chi connectivity index (χ0n) is 15.0. The molecule has 0 saturated carbocycles. The Bertz CT molecular complexity index is 991. The average Bonchev–Trinajstić information content (AvgIpc) is 3.23. The summed E-state index contributed by atoms with van der Waals surface area (Å²) in [6.45, 7) is 2.75. The van der Waals surface area contributed by atoms with Crippen molar-refractivity contribution in [3.63, 3.8) is 0 Å². The van der Waals surface area contributed by atoms with E-state index in [1.165, 1.54) is 33.6 Å². The number of aryl methyl sites for hydroxylation is 1. The lowest BCUT2D eigenvalue weighted by Crippen LogP contribution is -2.50. The number of aromatic amines is 1. The number of piperidine rings is 1. The Morgan fingerprint density at radius 2 is 2.31 bits per heavy atom. The largest absolute Gasteiger partial charge is 0.361 e. The highest BCUT2D eigenvalue weighted by atomic mass is 32.1. The number of benzene rings is 1. The molecular formula is C20H22N4OS. The lowest BCUT2D eigenvalue weighted by atomic mass is 9.72. The topological polar surface area (TPSA) is 61.0 Å². The van der Waals surface area contributed by atoms with Crippen molar-refractivity contribution in [3.8, 4) is 0 Å². The van der Waals surface area contributed by atoms with Gasteiger partial charge in [-0.25, -0.2) is 0 Å². The number of rotatable bonds is 2. The van der Waals surface area contributed by atoms with Crippen LogP contribution in [-0.2, 0) is 11.2 Å². The van der Waals surface area contributed by atoms with Crippen molar-refractivity contribution in [3.05, 3.63) is 47.3 Å². The maximum Gasteiger partial charge on any atom is 0.229 e. The first-order chi connectivity index (χ1) is 12.6. The van der Waals surface area contributed by atoms with Gasteiger partial charge in [0.2, 0.25) is 5.91 Å². The van der Waals surface area contributed by atoms with E-state index in [4.69, 9.17) is 0 Å². The quantitative estimate of drug-likeness (QED) is 0.729. The zero-order chi connectivity index (χ0) is 17.8. The SMILES string of the molecule is Cc1cc(NC(=O)[C@@H]2CC3c4cccc5[nH]cc(c45)C[C@H]3N(C)C2)sn1. The van der Waals surface area contributed by atoms with E-state index in [9.17, 15) is 4.79 Å². The first kappa shape index (κ1) is 16.0. The third-order valence-corrected chi connectivity index (χ3v) is 6.77. The van der Waals surface area contributed by atoms with Crippen LogP contribution in [0.15, 0.2) is 30.5 Å². The number of H-pyrrole nitrogens is 1. The van der Waals surface area contributed by atoms with Crippen LogP contribution >= 0.6 is 11.5 Å². The summed E-state index contributed by atoms with van der Waals surface area (Å²) in [5, 5.41) is 5.29. The van der Waals surface area contributed by atoms with Crippen LogP contribution in [0, 0.1) is 12.8 Å². The predicted molar refractivity (Wildman–Crippen MR) is 105 cm³/mol. The number of amides is 1. The van der Waals surface area contributed by atoms with Gasteiger partial charge in [0.1, 0.15) is 5.00 Å². The molecule has 1 saturated heterocycles. The number of fused-ring (bicyclic) bond motifs is 2. The molecule has 1 aromatic carbocycles. The number of carbonyl (C=O) groups excluding carboxylic acids is 1. The summed E-state index contributed by atoms with van der Waals surface area (Å²) in [5.74, 6) is 0.519. The van der Waals surface area contributed by atoms with Crippen LogP contribution in [0.4, 0.5) is 5.00 Å². The molecule has 2 N–H and O–H groups in total. The van der Waals surface area contributed by atoms with Gasteiger partial charge in [-0.3, -0.25) is 4.79 Å². The van der Waals surface area contributed by atoms with E-state index >= 15 is 0 Å². The number of aromatic nitrogens is 2. The van der Waals surface area contributed by atoms with Gasteiger partial charge in [0.25, 0.3) is 0 Å². The second kappa shape index (κ2) is 5.93. The van der Waals surface area contributed by atoms with Gasteiger partial charge in [-0.05, 0) is 61.6 Å². The van der Waals surface area contributed by atoms with Crippen molar-refractivity contribution in [2.45, 2.75) is 31.7 Å². The highest BCUT2D eigenvalue weighted by molar-refractivity contribution is 7.10. The summed E-state index contributed by atoms with van der Waals surface area (Å²) >= 11 is 1.35. The van der Waals surface area contributed by atoms with Gasteiger partial charge in [-0.2, -0.15) is 4.37 Å². The van der Waals surface area contributed by atoms with Crippen LogP contribution in [0.5, 0.6) is 0 Å². The molecule has 5 rings (SSSR count). The number of nitrogens with zero attached hydrogens (tertiary/aromatic N) is 2. The number of hydrogen-bond donors (Lipinski definition) is 2. The summed E-state index contributed by atoms with van der Waals surface area (Å²) in [4.78, 5) is 18.7. The van der Waals surface area contributed by atoms with E-state index in [0.717, 1.165) is 30.1 Å². The van der Waals surface area contributed by atoms with Gasteiger partial charge in [-0.15, -0.1) is 0 Å². The van der Waals surface area contributed by atoms with E-state index in [-0.39, 0.29) is 11.8 Å². The molecule has 1 aliphatic carbocycles. The molecule has 6 heteroatoms. The predicted octanol–water partition coefficient (Wildman–Crippen LogP) is 3.53. The molecule has 3 heterocycles. The Morgan fingerprint density at radius 1 is 1.42 bits per heavy atom. The second-order valence-electron chi connectivity index (χ2n) is 7.66. The van der Waals surface area contributed by atoms with Gasteiger partial charge in [0, 0.05) is 35.6 Å². The normalized spacial score (nSPS) is 25.2. The molecule has 1 unspecified atom stereocenters. The van der Waals surface area contributed by atoms with Gasteiger partial charge in [-0.1, -0.05) is 12.1 Å². The monoisotopic (exact) mass is 366 g/mol. The minimum Gasteiger partial charge on any atom is -0.361 e. The fourth-order valence-electron chi connectivity index (χ4n) is 4.78. The fraction of sp³-hybridized carbons (Fsp3) is 0.400. The summed E-state index contributed by atoms with van der Waals surface area (Å²) in [6, 6.07) is 8.93. The maximum atomic E-state index is 12.9. The molecule has 5 nitrogen and oxygen atoms in total. The summed E-state index contributed by atoms with van der Waals surface area (Å²) in [5.41, 5.74) is 4.97. The first-order valence-electron chi connectivity index (χ1n) is 9.13. The molecule has 0 spiro atoms. The molecule has 1 aliphatic heterocycles. The van der Waals surface area contributed by atoms with E-state index in [1.54, 1.807) is 0 Å². The molecule has 0 radical (unpaired) electrons. The van der Waals surface area contributed by atoms with Crippen LogP contribution in [-0.4, -0.2) is 39.8 Å². The molecule has 1 fully saturated rings. The van der Waals surface area contributed by atoms with E-state index in [0.29, 0.717) is 12.0 Å². The molecule has 1 amide bonds. The minimum atomic E-state index is -0.000552. The van der Waals surface area contributed by atoms with Crippen molar-refractivity contribution in [1.82, 2.24) is 14.3 Å². The van der Waals surface area contributed by atoms with Crippen molar-refractivity contribution < 1.29 is 4.79 Å². The van der Waals surface area contributed by atoms with Crippen LogP contribution in [0.1, 0.15) is 29.2 Å². The Balaban J connectivity index is 1.44. The lowest BCUT2D eigenvalue weighted by molar-refractivity contribution is -0.122. The van der Waals surface area contributed by atoms with Crippen LogP contribution in [0.25, 0.3) is 10.9 Å². The van der Waals surface area contributed by atoms with Crippen molar-refractivity contribution in [1.29, 1.82) is 0 Å². The fourth-order valence-corrected chi connectivity index (χ4v) is 5.44. The molecule has 2 aliphatic rings. The van der Waals surface area contributed by atoms with Crippen molar-refractivity contribution >= 4 is 33.3 Å². The molecule has 26 heavy (non-hydrogen) atoms. The number of likely N-dealkylation sites (N-methyl/N-ethyl adjacent to an activating group) is 1. The molecule has 134 valence electrons. The maximum absolute atomic E-state index is 12.9. The van der Waals surface area contributed by atoms with Crippen molar-refractivity contribution in [2.75, 3.05) is 18.9 Å². The van der Waals surface area contributed by atoms with Gasteiger partial charge >= 0.3 is 0 Å². The van der Waals surface area contributed by atoms with E-state index in [2.05, 4.69) is 51.0 Å². The van der Waals surface area contributed by atoms with Gasteiger partial charge in [0.15, 0.2) is 0 Å². The molecule has 3 atom stereocenters. The third kappa shape index (κ3) is 2.47. The van der Waals surface area contributed by atoms with E-state index < -0.39 is 0 Å². The average molecular weight is 366 g/mol. The molecule has 0 bridgehead atoms. The number of nitrogens with one attached hydrogen (secondary N) is 2. The number of likely N-dealkylation sites (tertiary alicyclic amines) is 1. The standard InChI is InChI=1S/C20H22N4OS/c1-11-6-18(26-23-11)22-20(25)13-7-15-14-4-3-5-16-19(14)12(9-21-16)8-17(15)24(2)10-13/h3-6,9,13,15,17,21H,7-8,10H2,1-2H3,(H,22,25)/t13-,15?,17-/m1/s1. The summed E-state index contributed by atoms with van der Waals surface area (Å²) in [6.07, 6.45) is 4.12. The Morgan fingerprint density at radius 3 is 3.12 bits per heavy atom. The highest BCUT2D eigenvalue weighted by Crippen LogP contribution is 2.44. The molecule has 3 aromatic rings. The first-order valence-corrected chi connectivity index (χ1v) is 9.91. The number of hydrogen-bond acceptors (Lipinski definition) is 4. The Labute approximate surface area is 156 Å². The number of carbonyl (C=O) groups is 1. The minimum absolute atomic E-state index is 0.000552. The lowest BCUT2D eigenvalue weighted by Gasteiger charge is -2.45. The van der Waals surface area contributed by atoms with Crippen molar-refractivity contribution in [2.24, 2.45) is 5.92 Å². The van der Waals surface area contributed by atoms with Crippen LogP contribution in [0.3, 0.4) is 0 Å².